The molecule has 0 aliphatic carbocycles. The van der Waals surface area contributed by atoms with Crippen LogP contribution in [0.5, 0.6) is 0 Å². The van der Waals surface area contributed by atoms with Gasteiger partial charge in [-0.25, -0.2) is 0 Å². The van der Waals surface area contributed by atoms with Crippen molar-refractivity contribution in [3.8, 4) is 12.3 Å². The van der Waals surface area contributed by atoms with Gasteiger partial charge in [-0.15, -0.1) is 19.1 Å². The van der Waals surface area contributed by atoms with Gasteiger partial charge in [-0.1, -0.05) is 5.92 Å². The normalized spacial score (nSPS) is 26.0. The molecule has 1 aliphatic heterocycles. The molecule has 0 radical (unpaired) electrons. The average Bonchev–Trinajstić information content (AvgIpc) is 2.14. The van der Waals surface area contributed by atoms with Gasteiger partial charge < -0.3 is 4.74 Å². The standard InChI is InChI=1S/C6H6OS/c1-2-5-3-6(8)7-4-5/h1,4,6,8H,3H2. The second-order valence-corrected chi connectivity index (χ2v) is 2.16. The average molecular weight is 126 g/mol. The first-order chi connectivity index (χ1) is 3.83. The van der Waals surface area contributed by atoms with Gasteiger partial charge in [0, 0.05) is 12.0 Å². The van der Waals surface area contributed by atoms with Crippen LogP contribution in [0.2, 0.25) is 0 Å². The number of rotatable bonds is 0. The lowest BCUT2D eigenvalue weighted by Crippen LogP contribution is -1.91. The fourth-order valence-electron chi connectivity index (χ4n) is 0.538. The number of thiol groups is 1. The van der Waals surface area contributed by atoms with E-state index in [1.54, 1.807) is 6.26 Å². The van der Waals surface area contributed by atoms with E-state index >= 15 is 0 Å². The highest BCUT2D eigenvalue weighted by atomic mass is 32.1. The zero-order chi connectivity index (χ0) is 5.98. The fraction of sp³-hybridized carbons (Fsp3) is 0.333. The summed E-state index contributed by atoms with van der Waals surface area (Å²) in [5.41, 5.74) is 0.881. The zero-order valence-corrected chi connectivity index (χ0v) is 5.19. The SMILES string of the molecule is C#CC1=COC(S)C1. The second kappa shape index (κ2) is 2.15. The van der Waals surface area contributed by atoms with Crippen LogP contribution in [-0.4, -0.2) is 5.44 Å². The van der Waals surface area contributed by atoms with E-state index in [1.165, 1.54) is 0 Å². The fourth-order valence-corrected chi connectivity index (χ4v) is 0.796. The highest BCUT2D eigenvalue weighted by molar-refractivity contribution is 7.80. The summed E-state index contributed by atoms with van der Waals surface area (Å²) in [6.07, 6.45) is 7.41. The van der Waals surface area contributed by atoms with Crippen LogP contribution >= 0.6 is 12.6 Å². The van der Waals surface area contributed by atoms with E-state index in [2.05, 4.69) is 18.5 Å². The van der Waals surface area contributed by atoms with Crippen molar-refractivity contribution in [2.45, 2.75) is 11.9 Å². The maximum atomic E-state index is 5.06. The van der Waals surface area contributed by atoms with Gasteiger partial charge in [0.2, 0.25) is 0 Å². The van der Waals surface area contributed by atoms with Crippen LogP contribution in [0.3, 0.4) is 0 Å². The van der Waals surface area contributed by atoms with Crippen LogP contribution in [0.4, 0.5) is 0 Å². The summed E-state index contributed by atoms with van der Waals surface area (Å²) in [7, 11) is 0. The minimum Gasteiger partial charge on any atom is -0.486 e. The summed E-state index contributed by atoms with van der Waals surface area (Å²) in [5, 5.41) is 0. The van der Waals surface area contributed by atoms with Crippen LogP contribution in [0, 0.1) is 12.3 Å². The third-order valence-corrected chi connectivity index (χ3v) is 1.25. The van der Waals surface area contributed by atoms with E-state index in [9.17, 15) is 0 Å². The van der Waals surface area contributed by atoms with Crippen LogP contribution in [0.1, 0.15) is 6.42 Å². The first-order valence-corrected chi connectivity index (χ1v) is 2.84. The van der Waals surface area contributed by atoms with Crippen molar-refractivity contribution in [1.29, 1.82) is 0 Å². The Balaban J connectivity index is 2.53. The maximum absolute atomic E-state index is 5.06. The van der Waals surface area contributed by atoms with E-state index in [-0.39, 0.29) is 5.44 Å². The Bertz CT molecular complexity index is 154. The summed E-state index contributed by atoms with van der Waals surface area (Å²) < 4.78 is 4.92. The first-order valence-electron chi connectivity index (χ1n) is 2.32. The Kier molecular flexibility index (Phi) is 1.50. The Morgan fingerprint density at radius 2 is 2.75 bits per heavy atom. The molecule has 42 valence electrons. The third-order valence-electron chi connectivity index (χ3n) is 0.947. The molecule has 1 aliphatic rings. The molecule has 2 heteroatoms. The lowest BCUT2D eigenvalue weighted by atomic mass is 10.2. The molecule has 0 fully saturated rings. The van der Waals surface area contributed by atoms with Gasteiger partial charge in [-0.05, 0) is 0 Å². The Hall–Kier alpha value is -0.550. The molecule has 0 bridgehead atoms. The largest absolute Gasteiger partial charge is 0.486 e. The van der Waals surface area contributed by atoms with Crippen molar-refractivity contribution >= 4 is 12.6 Å². The van der Waals surface area contributed by atoms with E-state index < -0.39 is 0 Å². The number of hydrogen-bond donors (Lipinski definition) is 1. The Morgan fingerprint density at radius 1 is 2.00 bits per heavy atom. The minimum absolute atomic E-state index is 0.0129. The summed E-state index contributed by atoms with van der Waals surface area (Å²) in [6, 6.07) is 0. The highest BCUT2D eigenvalue weighted by Crippen LogP contribution is 2.18. The predicted octanol–water partition coefficient (Wildman–Crippen LogP) is 1.18. The molecule has 0 spiro atoms. The van der Waals surface area contributed by atoms with Crippen molar-refractivity contribution in [1.82, 2.24) is 0 Å². The molecule has 0 N–H and O–H groups in total. The number of hydrogen-bond acceptors (Lipinski definition) is 2. The molecule has 0 aromatic rings. The molecule has 1 unspecified atom stereocenters. The molecule has 0 aromatic carbocycles. The molecule has 1 rings (SSSR count). The summed E-state index contributed by atoms with van der Waals surface area (Å²) in [5.74, 6) is 2.48. The summed E-state index contributed by atoms with van der Waals surface area (Å²) in [6.45, 7) is 0. The van der Waals surface area contributed by atoms with Gasteiger partial charge in [0.25, 0.3) is 0 Å². The molecule has 1 heterocycles. The highest BCUT2D eigenvalue weighted by Gasteiger charge is 2.11. The Labute approximate surface area is 54.1 Å². The minimum atomic E-state index is -0.0129. The lowest BCUT2D eigenvalue weighted by Gasteiger charge is -1.96. The van der Waals surface area contributed by atoms with Crippen LogP contribution in [-0.2, 0) is 4.74 Å². The second-order valence-electron chi connectivity index (χ2n) is 1.58. The van der Waals surface area contributed by atoms with Crippen molar-refractivity contribution in [2.24, 2.45) is 0 Å². The van der Waals surface area contributed by atoms with Gasteiger partial charge in [0.05, 0.1) is 6.26 Å². The molecule has 0 saturated carbocycles. The smallest absolute Gasteiger partial charge is 0.145 e. The Morgan fingerprint density at radius 3 is 3.00 bits per heavy atom. The predicted molar refractivity (Wildman–Crippen MR) is 35.4 cm³/mol. The first kappa shape index (κ1) is 5.58. The van der Waals surface area contributed by atoms with Gasteiger partial charge in [0.15, 0.2) is 0 Å². The molecule has 0 saturated heterocycles. The van der Waals surface area contributed by atoms with E-state index in [4.69, 9.17) is 11.2 Å². The van der Waals surface area contributed by atoms with Gasteiger partial charge in [-0.2, -0.15) is 0 Å². The monoisotopic (exact) mass is 126 g/mol. The zero-order valence-electron chi connectivity index (χ0n) is 4.29. The maximum Gasteiger partial charge on any atom is 0.145 e. The molecule has 1 atom stereocenters. The summed E-state index contributed by atoms with van der Waals surface area (Å²) >= 11 is 4.04. The molecular weight excluding hydrogens is 120 g/mol. The van der Waals surface area contributed by atoms with Crippen LogP contribution in [0.15, 0.2) is 11.8 Å². The number of terminal acetylenes is 1. The van der Waals surface area contributed by atoms with Gasteiger partial charge >= 0.3 is 0 Å². The van der Waals surface area contributed by atoms with Crippen molar-refractivity contribution in [3.63, 3.8) is 0 Å². The van der Waals surface area contributed by atoms with Gasteiger partial charge in [-0.3, -0.25) is 0 Å². The van der Waals surface area contributed by atoms with Crippen LogP contribution in [0.25, 0.3) is 0 Å². The van der Waals surface area contributed by atoms with Gasteiger partial charge in [0.1, 0.15) is 5.44 Å². The third kappa shape index (κ3) is 0.988. The number of ether oxygens (including phenoxy) is 1. The lowest BCUT2D eigenvalue weighted by molar-refractivity contribution is 0.252. The topological polar surface area (TPSA) is 9.23 Å². The van der Waals surface area contributed by atoms with Crippen molar-refractivity contribution in [3.05, 3.63) is 11.8 Å². The summed E-state index contributed by atoms with van der Waals surface area (Å²) in [4.78, 5) is 0. The molecule has 0 amide bonds. The van der Waals surface area contributed by atoms with E-state index in [0.29, 0.717) is 0 Å². The van der Waals surface area contributed by atoms with Crippen molar-refractivity contribution in [2.75, 3.05) is 0 Å². The molecule has 0 aromatic heterocycles. The molecular formula is C6H6OS. The van der Waals surface area contributed by atoms with Crippen molar-refractivity contribution < 1.29 is 4.74 Å². The quantitative estimate of drug-likeness (QED) is 0.379. The van der Waals surface area contributed by atoms with E-state index in [0.717, 1.165) is 12.0 Å². The van der Waals surface area contributed by atoms with E-state index in [1.807, 2.05) is 0 Å². The molecule has 8 heavy (non-hydrogen) atoms. The molecule has 1 nitrogen and oxygen atoms in total. The van der Waals surface area contributed by atoms with Crippen LogP contribution < -0.4 is 0 Å².